The number of nitrogens with zero attached hydrogens (tertiary/aromatic N) is 2. The molecule has 0 radical (unpaired) electrons. The Balaban J connectivity index is 2.55. The minimum Gasteiger partial charge on any atom is -0.463 e. The molecule has 4 atom stereocenters. The lowest BCUT2D eigenvalue weighted by atomic mass is 10.1. The Kier molecular flexibility index (Phi) is 6.70. The zero-order chi connectivity index (χ0) is 22.8. The van der Waals surface area contributed by atoms with Gasteiger partial charge in [-0.1, -0.05) is 0 Å². The molecular formula is C16H18F3N3O8. The summed E-state index contributed by atoms with van der Waals surface area (Å²) < 4.78 is 60.4. The molecule has 0 aliphatic carbocycles. The molecule has 2 heterocycles. The number of carbonyl (C=O) groups excluding carboxylic acids is 3. The fourth-order valence-corrected chi connectivity index (χ4v) is 2.80. The molecule has 14 heteroatoms. The van der Waals surface area contributed by atoms with E-state index in [0.717, 1.165) is 20.8 Å². The molecule has 0 bridgehead atoms. The Morgan fingerprint density at radius 3 is 2.20 bits per heavy atom. The molecule has 11 nitrogen and oxygen atoms in total. The van der Waals surface area contributed by atoms with Crippen LogP contribution in [0.5, 0.6) is 0 Å². The van der Waals surface area contributed by atoms with Gasteiger partial charge in [-0.05, 0) is 0 Å². The highest BCUT2D eigenvalue weighted by atomic mass is 19.4. The van der Waals surface area contributed by atoms with Crippen LogP contribution in [0.3, 0.4) is 0 Å². The van der Waals surface area contributed by atoms with Crippen molar-refractivity contribution in [2.24, 2.45) is 0 Å². The molecular weight excluding hydrogens is 419 g/mol. The van der Waals surface area contributed by atoms with Gasteiger partial charge in [-0.25, -0.2) is 4.79 Å². The summed E-state index contributed by atoms with van der Waals surface area (Å²) in [4.78, 5) is 49.5. The number of hydrogen-bond acceptors (Lipinski definition) is 10. The molecule has 1 aliphatic rings. The first kappa shape index (κ1) is 23.1. The average Bonchev–Trinajstić information content (AvgIpc) is 2.88. The Hall–Kier alpha value is -3.16. The minimum atomic E-state index is -4.95. The first-order valence-electron chi connectivity index (χ1n) is 8.40. The van der Waals surface area contributed by atoms with E-state index in [-0.39, 0.29) is 0 Å². The number of halogens is 3. The number of carbonyl (C=O) groups is 3. The lowest BCUT2D eigenvalue weighted by Gasteiger charge is -2.24. The maximum Gasteiger partial charge on any atom is 0.421 e. The molecule has 1 fully saturated rings. The molecule has 30 heavy (non-hydrogen) atoms. The molecule has 1 saturated heterocycles. The van der Waals surface area contributed by atoms with E-state index in [2.05, 4.69) is 4.98 Å². The summed E-state index contributed by atoms with van der Waals surface area (Å²) in [5, 5.41) is 0. The van der Waals surface area contributed by atoms with Crippen LogP contribution in [-0.2, 0) is 39.5 Å². The zero-order valence-electron chi connectivity index (χ0n) is 16.0. The molecule has 0 saturated carbocycles. The number of rotatable bonds is 5. The number of nitrogens with two attached hydrogens (primary N) is 1. The van der Waals surface area contributed by atoms with Crippen LogP contribution in [-0.4, -0.2) is 52.4 Å². The van der Waals surface area contributed by atoms with Crippen LogP contribution in [0, 0.1) is 0 Å². The number of ether oxygens (including phenoxy) is 4. The van der Waals surface area contributed by atoms with Crippen LogP contribution in [0.2, 0.25) is 0 Å². The highest BCUT2D eigenvalue weighted by Gasteiger charge is 2.51. The Labute approximate surface area is 166 Å². The number of aromatic nitrogens is 2. The summed E-state index contributed by atoms with van der Waals surface area (Å²) >= 11 is 0. The van der Waals surface area contributed by atoms with E-state index in [0.29, 0.717) is 10.8 Å². The predicted octanol–water partition coefficient (Wildman–Crippen LogP) is 0.168. The maximum absolute atomic E-state index is 13.2. The zero-order valence-corrected chi connectivity index (χ0v) is 16.0. The van der Waals surface area contributed by atoms with Gasteiger partial charge in [-0.15, -0.1) is 0 Å². The molecule has 0 spiro atoms. The lowest BCUT2D eigenvalue weighted by Crippen LogP contribution is -2.42. The van der Waals surface area contributed by atoms with Gasteiger partial charge < -0.3 is 24.7 Å². The van der Waals surface area contributed by atoms with Gasteiger partial charge in [0.05, 0.1) is 0 Å². The van der Waals surface area contributed by atoms with E-state index < -0.39 is 72.3 Å². The van der Waals surface area contributed by atoms with Crippen molar-refractivity contribution in [1.82, 2.24) is 9.55 Å². The van der Waals surface area contributed by atoms with Crippen molar-refractivity contribution in [3.05, 3.63) is 22.2 Å². The number of nitrogen functional groups attached to an aromatic ring is 1. The van der Waals surface area contributed by atoms with Crippen LogP contribution in [0.15, 0.2) is 11.0 Å². The largest absolute Gasteiger partial charge is 0.463 e. The third-order valence-electron chi connectivity index (χ3n) is 3.90. The third kappa shape index (κ3) is 5.25. The van der Waals surface area contributed by atoms with Crippen molar-refractivity contribution in [3.8, 4) is 0 Å². The molecule has 2 rings (SSSR count). The van der Waals surface area contributed by atoms with E-state index in [1.54, 1.807) is 0 Å². The fourth-order valence-electron chi connectivity index (χ4n) is 2.80. The molecule has 0 amide bonds. The summed E-state index contributed by atoms with van der Waals surface area (Å²) in [5.41, 5.74) is 2.53. The Morgan fingerprint density at radius 1 is 1.13 bits per heavy atom. The molecule has 0 unspecified atom stereocenters. The average molecular weight is 437 g/mol. The summed E-state index contributed by atoms with van der Waals surface area (Å²) in [6.07, 6.45) is -10.5. The molecule has 166 valence electrons. The smallest absolute Gasteiger partial charge is 0.421 e. The van der Waals surface area contributed by atoms with Gasteiger partial charge in [0.2, 0.25) is 0 Å². The fraction of sp³-hybridized carbons (Fsp3) is 0.562. The Morgan fingerprint density at radius 2 is 1.70 bits per heavy atom. The monoisotopic (exact) mass is 437 g/mol. The number of anilines is 1. The first-order chi connectivity index (χ1) is 13.8. The highest BCUT2D eigenvalue weighted by molar-refractivity contribution is 5.68. The summed E-state index contributed by atoms with van der Waals surface area (Å²) in [5.74, 6) is -3.52. The van der Waals surface area contributed by atoms with Crippen molar-refractivity contribution in [2.45, 2.75) is 51.5 Å². The van der Waals surface area contributed by atoms with Gasteiger partial charge in [0.15, 0.2) is 18.4 Å². The van der Waals surface area contributed by atoms with E-state index in [4.69, 9.17) is 24.7 Å². The minimum absolute atomic E-state index is 0.352. The quantitative estimate of drug-likeness (QED) is 0.499. The predicted molar refractivity (Wildman–Crippen MR) is 89.6 cm³/mol. The Bertz CT molecular complexity index is 901. The van der Waals surface area contributed by atoms with Crippen LogP contribution in [0.1, 0.15) is 32.6 Å². The molecule has 2 N–H and O–H groups in total. The lowest BCUT2D eigenvalue weighted by molar-refractivity contribution is -0.166. The van der Waals surface area contributed by atoms with Crippen LogP contribution in [0.4, 0.5) is 19.0 Å². The van der Waals surface area contributed by atoms with Crippen molar-refractivity contribution in [1.29, 1.82) is 0 Å². The standard InChI is InChI=1S/C16H18F3N3O8/c1-6(23)27-5-10-11(28-7(2)24)12(29-8(3)25)14(30-10)22-4-9(16(17,18)19)13(20)21-15(22)26/h4,10-12,14H,5H2,1-3H3,(H2,20,21,26)/t10-,11-,12-,14-/m1/s1. The van der Waals surface area contributed by atoms with Gasteiger partial charge in [0, 0.05) is 27.0 Å². The van der Waals surface area contributed by atoms with Gasteiger partial charge in [0.1, 0.15) is 24.1 Å². The van der Waals surface area contributed by atoms with Crippen molar-refractivity contribution >= 4 is 23.7 Å². The molecule has 1 aliphatic heterocycles. The van der Waals surface area contributed by atoms with Crippen LogP contribution in [0.25, 0.3) is 0 Å². The normalized spacial score (nSPS) is 23.7. The number of hydrogen-bond donors (Lipinski definition) is 1. The molecule has 1 aromatic heterocycles. The van der Waals surface area contributed by atoms with Crippen molar-refractivity contribution < 1.29 is 46.5 Å². The summed E-state index contributed by atoms with van der Waals surface area (Å²) in [7, 11) is 0. The number of alkyl halides is 3. The first-order valence-corrected chi connectivity index (χ1v) is 8.40. The van der Waals surface area contributed by atoms with Crippen molar-refractivity contribution in [3.63, 3.8) is 0 Å². The van der Waals surface area contributed by atoms with Crippen molar-refractivity contribution in [2.75, 3.05) is 12.3 Å². The molecule has 0 aromatic carbocycles. The van der Waals surface area contributed by atoms with Gasteiger partial charge in [-0.3, -0.25) is 19.0 Å². The van der Waals surface area contributed by atoms with Gasteiger partial charge in [-0.2, -0.15) is 18.2 Å². The van der Waals surface area contributed by atoms with E-state index in [9.17, 15) is 32.3 Å². The second-order valence-electron chi connectivity index (χ2n) is 6.24. The molecule has 1 aromatic rings. The highest BCUT2D eigenvalue weighted by Crippen LogP contribution is 2.36. The van der Waals surface area contributed by atoms with Crippen LogP contribution >= 0.6 is 0 Å². The second kappa shape index (κ2) is 8.69. The van der Waals surface area contributed by atoms with E-state index >= 15 is 0 Å². The summed E-state index contributed by atoms with van der Waals surface area (Å²) in [6.45, 7) is 2.61. The van der Waals surface area contributed by atoms with E-state index in [1.807, 2.05) is 0 Å². The SMILES string of the molecule is CC(=O)OC[C@H]1O[C@@H](n2cc(C(F)(F)F)c(N)nc2=O)[C@H](OC(C)=O)[C@@H]1OC(C)=O. The topological polar surface area (TPSA) is 149 Å². The third-order valence-corrected chi connectivity index (χ3v) is 3.90. The number of esters is 3. The van der Waals surface area contributed by atoms with Crippen LogP contribution < -0.4 is 11.4 Å². The van der Waals surface area contributed by atoms with Gasteiger partial charge >= 0.3 is 29.8 Å². The second-order valence-corrected chi connectivity index (χ2v) is 6.24. The maximum atomic E-state index is 13.2. The van der Waals surface area contributed by atoms with Gasteiger partial charge in [0.25, 0.3) is 0 Å². The van der Waals surface area contributed by atoms with E-state index in [1.165, 1.54) is 0 Å². The summed E-state index contributed by atoms with van der Waals surface area (Å²) in [6, 6.07) is 0.